The van der Waals surface area contributed by atoms with Crippen LogP contribution in [-0.2, 0) is 0 Å². The highest BCUT2D eigenvalue weighted by Crippen LogP contribution is 2.30. The number of aromatic nitrogens is 4. The molecule has 0 bridgehead atoms. The summed E-state index contributed by atoms with van der Waals surface area (Å²) in [5.41, 5.74) is 1.85. The molecule has 1 atom stereocenters. The second-order valence-corrected chi connectivity index (χ2v) is 7.73. The molecule has 0 radical (unpaired) electrons. The Morgan fingerprint density at radius 2 is 1.90 bits per heavy atom. The zero-order valence-electron chi connectivity index (χ0n) is 17.0. The molecule has 0 aliphatic carbocycles. The molecular weight excluding hydrogens is 416 g/mol. The zero-order chi connectivity index (χ0) is 21.8. The molecule has 0 saturated carbocycles. The van der Waals surface area contributed by atoms with Crippen LogP contribution in [0.15, 0.2) is 49.1 Å². The van der Waals surface area contributed by atoms with E-state index < -0.39 is 0 Å². The van der Waals surface area contributed by atoms with Gasteiger partial charge in [0.05, 0.1) is 23.5 Å². The quantitative estimate of drug-likeness (QED) is 0.666. The van der Waals surface area contributed by atoms with E-state index in [4.69, 9.17) is 11.6 Å². The van der Waals surface area contributed by atoms with Crippen molar-refractivity contribution in [3.63, 3.8) is 0 Å². The summed E-state index contributed by atoms with van der Waals surface area (Å²) in [6.45, 7) is 2.36. The molecule has 1 aliphatic heterocycles. The molecule has 31 heavy (non-hydrogen) atoms. The van der Waals surface area contributed by atoms with Crippen molar-refractivity contribution < 1.29 is 9.59 Å². The largest absolute Gasteiger partial charge is 0.327 e. The number of amides is 2. The lowest BCUT2D eigenvalue weighted by molar-refractivity contribution is 0.0592. The molecule has 1 fully saturated rings. The Kier molecular flexibility index (Phi) is 6.18. The van der Waals surface area contributed by atoms with Crippen LogP contribution in [0.3, 0.4) is 0 Å². The monoisotopic (exact) mass is 436 g/mol. The standard InChI is InChI=1S/C22H21ClN6O2/c1-14-17(21(30)28-16-7-5-15(23)6-8-16)12-26-20(27-14)19-4-2-3-11-29(19)22(31)18-13-24-9-10-25-18/h5-10,12-13,19H,2-4,11H2,1H3,(H,28,30)/t19-/m0/s1. The first-order valence-corrected chi connectivity index (χ1v) is 10.4. The van der Waals surface area contributed by atoms with Gasteiger partial charge >= 0.3 is 0 Å². The summed E-state index contributed by atoms with van der Waals surface area (Å²) in [4.78, 5) is 44.5. The van der Waals surface area contributed by atoms with E-state index in [1.807, 2.05) is 0 Å². The number of halogens is 1. The van der Waals surface area contributed by atoms with Gasteiger partial charge in [-0.05, 0) is 50.5 Å². The molecule has 1 saturated heterocycles. The predicted octanol–water partition coefficient (Wildman–Crippen LogP) is 3.85. The minimum absolute atomic E-state index is 0.191. The molecule has 2 aromatic heterocycles. The summed E-state index contributed by atoms with van der Waals surface area (Å²) < 4.78 is 0. The molecule has 0 spiro atoms. The van der Waals surface area contributed by atoms with Crippen molar-refractivity contribution in [2.45, 2.75) is 32.2 Å². The van der Waals surface area contributed by atoms with Crippen LogP contribution >= 0.6 is 11.6 Å². The zero-order valence-corrected chi connectivity index (χ0v) is 17.7. The Balaban J connectivity index is 1.55. The van der Waals surface area contributed by atoms with Gasteiger partial charge in [-0.15, -0.1) is 0 Å². The summed E-state index contributed by atoms with van der Waals surface area (Å²) in [6, 6.07) is 6.59. The first-order valence-electron chi connectivity index (χ1n) is 10.0. The fourth-order valence-corrected chi connectivity index (χ4v) is 3.73. The third-order valence-electron chi connectivity index (χ3n) is 5.19. The number of hydrogen-bond donors (Lipinski definition) is 1. The SMILES string of the molecule is Cc1nc([C@@H]2CCCCN2C(=O)c2cnccn2)ncc1C(=O)Nc1ccc(Cl)cc1. The molecule has 0 unspecified atom stereocenters. The van der Waals surface area contributed by atoms with Crippen LogP contribution in [0.2, 0.25) is 5.02 Å². The number of aryl methyl sites for hydroxylation is 1. The molecule has 9 heteroatoms. The summed E-state index contributed by atoms with van der Waals surface area (Å²) in [7, 11) is 0. The second kappa shape index (κ2) is 9.18. The van der Waals surface area contributed by atoms with Crippen LogP contribution in [0, 0.1) is 6.92 Å². The van der Waals surface area contributed by atoms with Crippen molar-refractivity contribution in [1.82, 2.24) is 24.8 Å². The molecule has 1 N–H and O–H groups in total. The van der Waals surface area contributed by atoms with E-state index in [1.54, 1.807) is 36.1 Å². The van der Waals surface area contributed by atoms with Gasteiger partial charge in [0.25, 0.3) is 11.8 Å². The van der Waals surface area contributed by atoms with E-state index in [9.17, 15) is 9.59 Å². The van der Waals surface area contributed by atoms with Crippen molar-refractivity contribution in [2.75, 3.05) is 11.9 Å². The van der Waals surface area contributed by atoms with Gasteiger partial charge in [-0.25, -0.2) is 15.0 Å². The van der Waals surface area contributed by atoms with Gasteiger partial charge in [-0.2, -0.15) is 0 Å². The van der Waals surface area contributed by atoms with Crippen LogP contribution in [-0.4, -0.2) is 43.2 Å². The highest BCUT2D eigenvalue weighted by atomic mass is 35.5. The maximum atomic E-state index is 13.0. The van der Waals surface area contributed by atoms with E-state index in [1.165, 1.54) is 24.8 Å². The molecule has 3 heterocycles. The van der Waals surface area contributed by atoms with E-state index in [0.29, 0.717) is 40.0 Å². The Hall–Kier alpha value is -3.39. The van der Waals surface area contributed by atoms with E-state index >= 15 is 0 Å². The number of nitrogens with one attached hydrogen (secondary N) is 1. The average Bonchev–Trinajstić information content (AvgIpc) is 2.80. The second-order valence-electron chi connectivity index (χ2n) is 7.29. The van der Waals surface area contributed by atoms with Gasteiger partial charge in [0, 0.05) is 35.8 Å². The van der Waals surface area contributed by atoms with Crippen molar-refractivity contribution in [2.24, 2.45) is 0 Å². The fourth-order valence-electron chi connectivity index (χ4n) is 3.60. The van der Waals surface area contributed by atoms with Crippen LogP contribution in [0.1, 0.15) is 57.7 Å². The average molecular weight is 437 g/mol. The Morgan fingerprint density at radius 1 is 1.10 bits per heavy atom. The molecule has 4 rings (SSSR count). The number of carbonyl (C=O) groups excluding carboxylic acids is 2. The molecule has 158 valence electrons. The molecular formula is C22H21ClN6O2. The highest BCUT2D eigenvalue weighted by Gasteiger charge is 2.31. The number of piperidine rings is 1. The number of hydrogen-bond acceptors (Lipinski definition) is 6. The van der Waals surface area contributed by atoms with E-state index in [2.05, 4.69) is 25.3 Å². The summed E-state index contributed by atoms with van der Waals surface area (Å²) in [6.07, 6.45) is 8.64. The van der Waals surface area contributed by atoms with Crippen molar-refractivity contribution >= 4 is 29.1 Å². The minimum atomic E-state index is -0.303. The number of rotatable bonds is 4. The highest BCUT2D eigenvalue weighted by molar-refractivity contribution is 6.30. The smallest absolute Gasteiger partial charge is 0.274 e. The third-order valence-corrected chi connectivity index (χ3v) is 5.44. The lowest BCUT2D eigenvalue weighted by atomic mass is 10.0. The number of carbonyl (C=O) groups is 2. The number of nitrogens with zero attached hydrogens (tertiary/aromatic N) is 5. The predicted molar refractivity (Wildman–Crippen MR) is 116 cm³/mol. The van der Waals surface area contributed by atoms with Crippen molar-refractivity contribution in [3.8, 4) is 0 Å². The van der Waals surface area contributed by atoms with Crippen LogP contribution in [0.5, 0.6) is 0 Å². The number of benzene rings is 1. The molecule has 8 nitrogen and oxygen atoms in total. The van der Waals surface area contributed by atoms with Crippen LogP contribution < -0.4 is 5.32 Å². The molecule has 1 aliphatic rings. The van der Waals surface area contributed by atoms with Crippen LogP contribution in [0.4, 0.5) is 5.69 Å². The van der Waals surface area contributed by atoms with Gasteiger partial charge in [-0.3, -0.25) is 14.6 Å². The topological polar surface area (TPSA) is 101 Å². The van der Waals surface area contributed by atoms with Gasteiger partial charge in [0.2, 0.25) is 0 Å². The molecule has 3 aromatic rings. The first-order chi connectivity index (χ1) is 15.0. The molecule has 2 amide bonds. The molecule has 1 aromatic carbocycles. The van der Waals surface area contributed by atoms with E-state index in [0.717, 1.165) is 19.3 Å². The number of anilines is 1. The maximum Gasteiger partial charge on any atom is 0.274 e. The summed E-state index contributed by atoms with van der Waals surface area (Å²) in [5.74, 6) is 0.0311. The number of likely N-dealkylation sites (tertiary alicyclic amines) is 1. The third kappa shape index (κ3) is 4.69. The summed E-state index contributed by atoms with van der Waals surface area (Å²) >= 11 is 5.89. The van der Waals surface area contributed by atoms with E-state index in [-0.39, 0.29) is 17.9 Å². The maximum absolute atomic E-state index is 13.0. The first kappa shape index (κ1) is 20.9. The van der Waals surface area contributed by atoms with Gasteiger partial charge in [0.1, 0.15) is 5.69 Å². The van der Waals surface area contributed by atoms with Gasteiger partial charge in [-0.1, -0.05) is 11.6 Å². The Labute approximate surface area is 184 Å². The summed E-state index contributed by atoms with van der Waals surface area (Å²) in [5, 5.41) is 3.41. The Morgan fingerprint density at radius 3 is 2.61 bits per heavy atom. The lowest BCUT2D eigenvalue weighted by Gasteiger charge is -2.34. The Bertz CT molecular complexity index is 1090. The van der Waals surface area contributed by atoms with Gasteiger partial charge < -0.3 is 10.2 Å². The van der Waals surface area contributed by atoms with Crippen molar-refractivity contribution in [1.29, 1.82) is 0 Å². The minimum Gasteiger partial charge on any atom is -0.327 e. The van der Waals surface area contributed by atoms with Crippen molar-refractivity contribution in [3.05, 3.63) is 76.9 Å². The normalized spacial score (nSPS) is 16.1. The van der Waals surface area contributed by atoms with Gasteiger partial charge in [0.15, 0.2) is 5.82 Å². The van der Waals surface area contributed by atoms with Crippen LogP contribution in [0.25, 0.3) is 0 Å². The lowest BCUT2D eigenvalue weighted by Crippen LogP contribution is -2.39. The fraction of sp³-hybridized carbons (Fsp3) is 0.273.